The third kappa shape index (κ3) is 8.86. The van der Waals surface area contributed by atoms with Gasteiger partial charge in [0.1, 0.15) is 12.7 Å². The number of alkyl carbamates (subject to hydrolysis) is 1. The fourth-order valence-electron chi connectivity index (χ4n) is 14.7. The highest BCUT2D eigenvalue weighted by Gasteiger charge is 2.72. The van der Waals surface area contributed by atoms with Gasteiger partial charge in [-0.1, -0.05) is 89.2 Å². The van der Waals surface area contributed by atoms with Crippen molar-refractivity contribution in [1.29, 1.82) is 0 Å². The SMILES string of the molecule is C=C(C)[C@@H]1CC[C@]2(C(=O)NCc3ccc(C(=O)NCCNC(=O)OCc4ccccc4)cc3)CC[C@]3(C)[C@H](CC[C@@H]4[C@@]5(C)CC[C@H](OC(=O)CC(C)(C)C(=O)O)C(C)(C)[C@@H]5CC[C@]43C)[C@@H]12. The Morgan fingerprint density at radius 1 is 0.754 bits per heavy atom. The van der Waals surface area contributed by atoms with E-state index >= 15 is 0 Å². The highest BCUT2D eigenvalue weighted by molar-refractivity contribution is 5.94. The normalized spacial score (nSPS) is 33.4. The van der Waals surface area contributed by atoms with Crippen molar-refractivity contribution in [2.45, 2.75) is 145 Å². The van der Waals surface area contributed by atoms with E-state index in [2.05, 4.69) is 64.1 Å². The van der Waals surface area contributed by atoms with Crippen LogP contribution < -0.4 is 16.0 Å². The van der Waals surface area contributed by atoms with Crippen LogP contribution in [0, 0.1) is 62.1 Å². The second-order valence-electron chi connectivity index (χ2n) is 22.7. The molecule has 0 saturated heterocycles. The van der Waals surface area contributed by atoms with E-state index in [-0.39, 0.29) is 71.6 Å². The minimum absolute atomic E-state index is 0.0460. The summed E-state index contributed by atoms with van der Waals surface area (Å²) in [4.78, 5) is 64.7. The lowest BCUT2D eigenvalue weighted by Crippen LogP contribution is -2.67. The number of hydrogen-bond donors (Lipinski definition) is 4. The number of carboxylic acids is 1. The molecule has 5 aliphatic carbocycles. The van der Waals surface area contributed by atoms with Gasteiger partial charge >= 0.3 is 18.0 Å². The van der Waals surface area contributed by atoms with Gasteiger partial charge in [-0.3, -0.25) is 19.2 Å². The Labute approximate surface area is 387 Å². The second kappa shape index (κ2) is 18.2. The van der Waals surface area contributed by atoms with Crippen LogP contribution in [0.1, 0.15) is 148 Å². The molecule has 65 heavy (non-hydrogen) atoms. The van der Waals surface area contributed by atoms with Crippen LogP contribution in [0.15, 0.2) is 66.7 Å². The third-order valence-electron chi connectivity index (χ3n) is 18.5. The summed E-state index contributed by atoms with van der Waals surface area (Å²) < 4.78 is 11.4. The van der Waals surface area contributed by atoms with Gasteiger partial charge in [-0.05, 0) is 154 Å². The summed E-state index contributed by atoms with van der Waals surface area (Å²) >= 11 is 0. The molecule has 354 valence electrons. The number of carbonyl (C=O) groups is 5. The molecule has 5 saturated carbocycles. The van der Waals surface area contributed by atoms with Crippen molar-refractivity contribution < 1.29 is 38.6 Å². The van der Waals surface area contributed by atoms with Crippen molar-refractivity contribution in [2.75, 3.05) is 13.1 Å². The second-order valence-corrected chi connectivity index (χ2v) is 22.7. The number of amides is 3. The molecule has 2 aromatic rings. The molecule has 10 atom stereocenters. The number of nitrogens with one attached hydrogen (secondary N) is 3. The minimum Gasteiger partial charge on any atom is -0.481 e. The molecule has 0 heterocycles. The number of carboxylic acid groups (broad SMARTS) is 1. The number of esters is 1. The number of rotatable bonds is 14. The molecule has 0 aliphatic heterocycles. The molecule has 4 N–H and O–H groups in total. The van der Waals surface area contributed by atoms with Crippen LogP contribution in [0.4, 0.5) is 4.79 Å². The van der Waals surface area contributed by atoms with E-state index in [0.717, 1.165) is 75.3 Å². The van der Waals surface area contributed by atoms with Gasteiger partial charge in [-0.15, -0.1) is 0 Å². The topological polar surface area (TPSA) is 160 Å². The fraction of sp³-hybridized carbons (Fsp3) is 0.648. The lowest BCUT2D eigenvalue weighted by molar-refractivity contribution is -0.249. The maximum absolute atomic E-state index is 14.8. The Hall–Kier alpha value is -4.67. The van der Waals surface area contributed by atoms with Crippen LogP contribution in [0.5, 0.6) is 0 Å². The summed E-state index contributed by atoms with van der Waals surface area (Å²) in [6.45, 7) is 23.1. The average molecular weight is 894 g/mol. The number of allylic oxidation sites excluding steroid dienone is 1. The average Bonchev–Trinajstić information content (AvgIpc) is 3.66. The third-order valence-corrected chi connectivity index (χ3v) is 18.5. The van der Waals surface area contributed by atoms with Gasteiger partial charge in [-0.25, -0.2) is 4.79 Å². The summed E-state index contributed by atoms with van der Waals surface area (Å²) in [6.07, 6.45) is 8.88. The first-order valence-corrected chi connectivity index (χ1v) is 24.3. The van der Waals surface area contributed by atoms with Crippen molar-refractivity contribution in [1.82, 2.24) is 16.0 Å². The molecule has 11 heteroatoms. The van der Waals surface area contributed by atoms with Crippen molar-refractivity contribution >= 4 is 29.8 Å². The number of hydrogen-bond acceptors (Lipinski definition) is 7. The Bertz CT molecular complexity index is 2140. The maximum atomic E-state index is 14.8. The van der Waals surface area contributed by atoms with Crippen molar-refractivity contribution in [3.8, 4) is 0 Å². The maximum Gasteiger partial charge on any atom is 0.407 e. The van der Waals surface area contributed by atoms with Gasteiger partial charge in [0, 0.05) is 30.6 Å². The molecule has 0 spiro atoms. The van der Waals surface area contributed by atoms with Crippen molar-refractivity contribution in [3.63, 3.8) is 0 Å². The molecule has 2 aromatic carbocycles. The van der Waals surface area contributed by atoms with Gasteiger partial charge in [0.15, 0.2) is 0 Å². The molecule has 0 aromatic heterocycles. The number of carbonyl (C=O) groups excluding carboxylic acids is 4. The van der Waals surface area contributed by atoms with Crippen molar-refractivity contribution in [2.24, 2.45) is 62.1 Å². The van der Waals surface area contributed by atoms with E-state index in [9.17, 15) is 29.1 Å². The molecule has 3 amide bonds. The molecule has 5 aliphatic rings. The van der Waals surface area contributed by atoms with E-state index < -0.39 is 28.9 Å². The van der Waals surface area contributed by atoms with Gasteiger partial charge in [0.05, 0.1) is 17.3 Å². The summed E-state index contributed by atoms with van der Waals surface area (Å²) in [5.74, 6) is 0.247. The first-order valence-electron chi connectivity index (χ1n) is 24.3. The summed E-state index contributed by atoms with van der Waals surface area (Å²) in [5, 5.41) is 18.5. The molecule has 0 bridgehead atoms. The predicted octanol–water partition coefficient (Wildman–Crippen LogP) is 10.0. The summed E-state index contributed by atoms with van der Waals surface area (Å²) in [7, 11) is 0. The van der Waals surface area contributed by atoms with E-state index in [1.165, 1.54) is 5.57 Å². The number of ether oxygens (including phenoxy) is 2. The number of aliphatic carboxylic acids is 1. The van der Waals surface area contributed by atoms with Crippen LogP contribution in [0.3, 0.4) is 0 Å². The van der Waals surface area contributed by atoms with Gasteiger partial charge in [0.25, 0.3) is 5.91 Å². The zero-order valence-corrected chi connectivity index (χ0v) is 40.3. The lowest BCUT2D eigenvalue weighted by Gasteiger charge is -2.72. The van der Waals surface area contributed by atoms with Gasteiger partial charge in [0.2, 0.25) is 5.91 Å². The standard InChI is InChI=1S/C54H75N3O8/c1-34(2)38-21-26-54(46(60)57-32-35-15-17-37(18-16-35)45(59)55-29-30-56-48(63)64-33-36-13-11-10-12-14-36)28-27-52(8)39(44(38)54)19-20-41-51(7)24-23-42(65-43(58)31-49(3,4)47(61)62)50(5,6)40(51)22-25-53(41,52)9/h10-18,38-42,44H,1,19-33H2,2-9H3,(H,55,59)(H,56,63)(H,57,60)(H,61,62)/t38-,39+,40-,41+,42-,44+,51-,52+,53+,54-/m0/s1. The van der Waals surface area contributed by atoms with E-state index in [0.29, 0.717) is 35.8 Å². The van der Waals surface area contributed by atoms with Gasteiger partial charge in [-0.2, -0.15) is 0 Å². The number of fused-ring (bicyclic) bond motifs is 7. The van der Waals surface area contributed by atoms with Gasteiger partial charge < -0.3 is 30.5 Å². The lowest BCUT2D eigenvalue weighted by atomic mass is 9.32. The van der Waals surface area contributed by atoms with E-state index in [4.69, 9.17) is 9.47 Å². The summed E-state index contributed by atoms with van der Waals surface area (Å²) in [5.41, 5.74) is 1.81. The first-order chi connectivity index (χ1) is 30.6. The molecule has 5 fully saturated rings. The molecular weight excluding hydrogens is 819 g/mol. The Balaban J connectivity index is 0.978. The quantitative estimate of drug-likeness (QED) is 0.0829. The monoisotopic (exact) mass is 894 g/mol. The Morgan fingerprint density at radius 3 is 2.12 bits per heavy atom. The fourth-order valence-corrected chi connectivity index (χ4v) is 14.7. The van der Waals surface area contributed by atoms with E-state index in [1.807, 2.05) is 42.5 Å². The smallest absolute Gasteiger partial charge is 0.407 e. The Morgan fingerprint density at radius 2 is 1.45 bits per heavy atom. The van der Waals surface area contributed by atoms with Crippen molar-refractivity contribution in [3.05, 3.63) is 83.4 Å². The minimum atomic E-state index is -1.18. The molecule has 11 nitrogen and oxygen atoms in total. The van der Waals surface area contributed by atoms with E-state index in [1.54, 1.807) is 26.0 Å². The largest absolute Gasteiger partial charge is 0.481 e. The zero-order valence-electron chi connectivity index (χ0n) is 40.3. The molecule has 0 radical (unpaired) electrons. The Kier molecular flexibility index (Phi) is 13.5. The van der Waals surface area contributed by atoms with Crippen LogP contribution >= 0.6 is 0 Å². The van der Waals surface area contributed by atoms with Crippen LogP contribution in [0.25, 0.3) is 0 Å². The predicted molar refractivity (Wildman–Crippen MR) is 250 cm³/mol. The summed E-state index contributed by atoms with van der Waals surface area (Å²) in [6, 6.07) is 16.8. The molecule has 0 unspecified atom stereocenters. The molecular formula is C54H75N3O8. The first kappa shape index (κ1) is 48.3. The highest BCUT2D eigenvalue weighted by atomic mass is 16.6. The molecule has 7 rings (SSSR count). The highest BCUT2D eigenvalue weighted by Crippen LogP contribution is 2.77. The van der Waals surface area contributed by atoms with Crippen LogP contribution in [-0.2, 0) is 37.0 Å². The zero-order chi connectivity index (χ0) is 47.2. The van der Waals surface area contributed by atoms with Crippen LogP contribution in [-0.4, -0.2) is 54.1 Å². The number of benzene rings is 2. The van der Waals surface area contributed by atoms with Crippen LogP contribution in [0.2, 0.25) is 0 Å².